The molecular weight excluding hydrogens is 324 g/mol. The van der Waals surface area contributed by atoms with Crippen molar-refractivity contribution in [3.05, 3.63) is 53.3 Å². The fourth-order valence-electron chi connectivity index (χ4n) is 3.31. The van der Waals surface area contributed by atoms with Gasteiger partial charge in [0.15, 0.2) is 0 Å². The fraction of sp³-hybridized carbons (Fsp3) is 0.476. The Labute approximate surface area is 156 Å². The van der Waals surface area contributed by atoms with Crippen molar-refractivity contribution in [3.8, 4) is 0 Å². The Morgan fingerprint density at radius 3 is 2.46 bits per heavy atom. The average molecular weight is 352 g/mol. The third-order valence-corrected chi connectivity index (χ3v) is 4.78. The van der Waals surface area contributed by atoms with Gasteiger partial charge in [0.05, 0.1) is 0 Å². The number of amides is 1. The van der Waals surface area contributed by atoms with Crippen molar-refractivity contribution in [1.82, 2.24) is 14.9 Å². The van der Waals surface area contributed by atoms with Crippen LogP contribution in [0.15, 0.2) is 36.4 Å². The summed E-state index contributed by atoms with van der Waals surface area (Å²) < 4.78 is 0. The summed E-state index contributed by atoms with van der Waals surface area (Å²) in [6.07, 6.45) is 3.58. The molecule has 1 saturated heterocycles. The van der Waals surface area contributed by atoms with Gasteiger partial charge in [-0.3, -0.25) is 4.79 Å². The van der Waals surface area contributed by atoms with Gasteiger partial charge in [-0.1, -0.05) is 30.3 Å². The van der Waals surface area contributed by atoms with Crippen LogP contribution in [0.4, 0.5) is 5.95 Å². The molecule has 1 aliphatic heterocycles. The van der Waals surface area contributed by atoms with Gasteiger partial charge in [-0.05, 0) is 51.7 Å². The third-order valence-electron chi connectivity index (χ3n) is 4.78. The number of anilines is 1. The van der Waals surface area contributed by atoms with Gasteiger partial charge in [-0.25, -0.2) is 9.97 Å². The zero-order chi connectivity index (χ0) is 18.5. The molecular formula is C21H28N4O. The number of piperidine rings is 1. The Morgan fingerprint density at radius 2 is 1.81 bits per heavy atom. The monoisotopic (exact) mass is 352 g/mol. The van der Waals surface area contributed by atoms with Crippen molar-refractivity contribution in [3.63, 3.8) is 0 Å². The highest BCUT2D eigenvalue weighted by atomic mass is 16.2. The second kappa shape index (κ2) is 8.30. The van der Waals surface area contributed by atoms with Crippen LogP contribution in [0.1, 0.15) is 54.9 Å². The largest absolute Gasteiger partial charge is 0.341 e. The van der Waals surface area contributed by atoms with E-state index < -0.39 is 0 Å². The topological polar surface area (TPSA) is 49.3 Å². The lowest BCUT2D eigenvalue weighted by Crippen LogP contribution is -2.37. The standard InChI is InChI=1S/C21H28N4O/c1-16(2)25(15-18-10-6-4-7-11-18)20(26)19-14-17(3)22-21(23-19)24-12-8-5-9-13-24/h4,6-7,10-11,14,16H,5,8-9,12-13,15H2,1-3H3. The van der Waals surface area contributed by atoms with Gasteiger partial charge < -0.3 is 9.80 Å². The van der Waals surface area contributed by atoms with E-state index >= 15 is 0 Å². The second-order valence-electron chi connectivity index (χ2n) is 7.25. The summed E-state index contributed by atoms with van der Waals surface area (Å²) in [6, 6.07) is 12.0. The van der Waals surface area contributed by atoms with Gasteiger partial charge in [0, 0.05) is 31.4 Å². The summed E-state index contributed by atoms with van der Waals surface area (Å²) >= 11 is 0. The molecule has 2 aromatic rings. The summed E-state index contributed by atoms with van der Waals surface area (Å²) in [5.74, 6) is 0.657. The van der Waals surface area contributed by atoms with Crippen LogP contribution < -0.4 is 4.90 Å². The van der Waals surface area contributed by atoms with Crippen molar-refractivity contribution < 1.29 is 4.79 Å². The lowest BCUT2D eigenvalue weighted by atomic mass is 10.1. The molecule has 0 unspecified atom stereocenters. The van der Waals surface area contributed by atoms with Crippen molar-refractivity contribution in [2.75, 3.05) is 18.0 Å². The Balaban J connectivity index is 1.85. The van der Waals surface area contributed by atoms with E-state index in [0.717, 1.165) is 37.2 Å². The van der Waals surface area contributed by atoms with Gasteiger partial charge in [0.2, 0.25) is 5.95 Å². The van der Waals surface area contributed by atoms with Gasteiger partial charge in [-0.2, -0.15) is 0 Å². The van der Waals surface area contributed by atoms with Gasteiger partial charge in [0.1, 0.15) is 5.69 Å². The molecule has 138 valence electrons. The zero-order valence-electron chi connectivity index (χ0n) is 16.0. The Kier molecular flexibility index (Phi) is 5.86. The van der Waals surface area contributed by atoms with Crippen LogP contribution in [0.25, 0.3) is 0 Å². The molecule has 1 amide bonds. The predicted octanol–water partition coefficient (Wildman–Crippen LogP) is 3.83. The molecule has 26 heavy (non-hydrogen) atoms. The SMILES string of the molecule is Cc1cc(C(=O)N(Cc2ccccc2)C(C)C)nc(N2CCCCC2)n1. The maximum Gasteiger partial charge on any atom is 0.273 e. The molecule has 0 N–H and O–H groups in total. The van der Waals surface area contributed by atoms with E-state index in [1.807, 2.05) is 56.0 Å². The molecule has 5 heteroatoms. The van der Waals surface area contributed by atoms with Crippen LogP contribution in [0.3, 0.4) is 0 Å². The highest BCUT2D eigenvalue weighted by Crippen LogP contribution is 2.19. The van der Waals surface area contributed by atoms with E-state index in [9.17, 15) is 4.79 Å². The number of aryl methyl sites for hydroxylation is 1. The molecule has 0 atom stereocenters. The molecule has 3 rings (SSSR count). The van der Waals surface area contributed by atoms with Crippen molar-refractivity contribution in [2.45, 2.75) is 52.6 Å². The average Bonchev–Trinajstić information content (AvgIpc) is 2.66. The van der Waals surface area contributed by atoms with Crippen LogP contribution in [-0.4, -0.2) is 39.9 Å². The maximum atomic E-state index is 13.2. The van der Waals surface area contributed by atoms with Crippen molar-refractivity contribution in [1.29, 1.82) is 0 Å². The summed E-state index contributed by atoms with van der Waals surface area (Å²) in [6.45, 7) is 8.53. The Bertz CT molecular complexity index is 739. The first-order chi connectivity index (χ1) is 12.5. The summed E-state index contributed by atoms with van der Waals surface area (Å²) in [7, 11) is 0. The smallest absolute Gasteiger partial charge is 0.273 e. The minimum Gasteiger partial charge on any atom is -0.341 e. The van der Waals surface area contributed by atoms with E-state index in [4.69, 9.17) is 0 Å². The first-order valence-electron chi connectivity index (χ1n) is 9.50. The molecule has 0 spiro atoms. The minimum absolute atomic E-state index is 0.0346. The number of carbonyl (C=O) groups is 1. The number of hydrogen-bond donors (Lipinski definition) is 0. The van der Waals surface area contributed by atoms with Gasteiger partial charge >= 0.3 is 0 Å². The van der Waals surface area contributed by atoms with Gasteiger partial charge in [-0.15, -0.1) is 0 Å². The number of benzene rings is 1. The molecule has 5 nitrogen and oxygen atoms in total. The van der Waals surface area contributed by atoms with E-state index in [1.54, 1.807) is 6.07 Å². The maximum absolute atomic E-state index is 13.2. The van der Waals surface area contributed by atoms with Crippen LogP contribution >= 0.6 is 0 Å². The first-order valence-corrected chi connectivity index (χ1v) is 9.50. The first kappa shape index (κ1) is 18.4. The molecule has 1 aliphatic rings. The van der Waals surface area contributed by atoms with E-state index in [1.165, 1.54) is 6.42 Å². The highest BCUT2D eigenvalue weighted by molar-refractivity contribution is 5.92. The van der Waals surface area contributed by atoms with Crippen LogP contribution in [0.5, 0.6) is 0 Å². The number of nitrogens with zero attached hydrogens (tertiary/aromatic N) is 4. The van der Waals surface area contributed by atoms with Crippen LogP contribution in [-0.2, 0) is 6.54 Å². The van der Waals surface area contributed by atoms with Crippen molar-refractivity contribution >= 4 is 11.9 Å². The van der Waals surface area contributed by atoms with Crippen LogP contribution in [0, 0.1) is 6.92 Å². The summed E-state index contributed by atoms with van der Waals surface area (Å²) in [5.41, 5.74) is 2.45. The zero-order valence-corrected chi connectivity index (χ0v) is 16.0. The Hall–Kier alpha value is -2.43. The van der Waals surface area contributed by atoms with Crippen molar-refractivity contribution in [2.24, 2.45) is 0 Å². The Morgan fingerprint density at radius 1 is 1.12 bits per heavy atom. The van der Waals surface area contributed by atoms with E-state index in [2.05, 4.69) is 14.9 Å². The third kappa shape index (κ3) is 4.40. The lowest BCUT2D eigenvalue weighted by molar-refractivity contribution is 0.0684. The molecule has 0 aliphatic carbocycles. The lowest BCUT2D eigenvalue weighted by Gasteiger charge is -2.29. The highest BCUT2D eigenvalue weighted by Gasteiger charge is 2.23. The number of carbonyl (C=O) groups excluding carboxylic acids is 1. The second-order valence-corrected chi connectivity index (χ2v) is 7.25. The number of rotatable bonds is 5. The molecule has 0 radical (unpaired) electrons. The normalized spacial score (nSPS) is 14.5. The summed E-state index contributed by atoms with van der Waals surface area (Å²) in [4.78, 5) is 26.5. The van der Waals surface area contributed by atoms with E-state index in [0.29, 0.717) is 18.2 Å². The minimum atomic E-state index is -0.0346. The fourth-order valence-corrected chi connectivity index (χ4v) is 3.31. The van der Waals surface area contributed by atoms with Gasteiger partial charge in [0.25, 0.3) is 5.91 Å². The quantitative estimate of drug-likeness (QED) is 0.821. The molecule has 0 saturated carbocycles. The molecule has 1 fully saturated rings. The van der Waals surface area contributed by atoms with E-state index in [-0.39, 0.29) is 11.9 Å². The molecule has 0 bridgehead atoms. The number of aromatic nitrogens is 2. The molecule has 1 aromatic heterocycles. The summed E-state index contributed by atoms with van der Waals surface area (Å²) in [5, 5.41) is 0. The predicted molar refractivity (Wildman–Crippen MR) is 104 cm³/mol. The van der Waals surface area contributed by atoms with Crippen LogP contribution in [0.2, 0.25) is 0 Å². The molecule has 1 aromatic carbocycles. The molecule has 2 heterocycles. The number of hydrogen-bond acceptors (Lipinski definition) is 4.